The number of carbonyl (C=O) groups is 1. The van der Waals surface area contributed by atoms with Crippen LogP contribution >= 0.6 is 0 Å². The maximum absolute atomic E-state index is 12.8. The fraction of sp³-hybridized carbons (Fsp3) is 0.706. The summed E-state index contributed by atoms with van der Waals surface area (Å²) in [4.78, 5) is 25.7. The lowest BCUT2D eigenvalue weighted by molar-refractivity contribution is 0.0602. The first kappa shape index (κ1) is 15.3. The van der Waals surface area contributed by atoms with Gasteiger partial charge in [-0.15, -0.1) is 0 Å². The summed E-state index contributed by atoms with van der Waals surface area (Å²) < 4.78 is 0. The second kappa shape index (κ2) is 7.07. The van der Waals surface area contributed by atoms with Crippen molar-refractivity contribution in [1.82, 2.24) is 14.9 Å². The lowest BCUT2D eigenvalue weighted by Gasteiger charge is -2.35. The van der Waals surface area contributed by atoms with Gasteiger partial charge >= 0.3 is 0 Å². The van der Waals surface area contributed by atoms with Gasteiger partial charge in [0.2, 0.25) is 0 Å². The standard InChI is InChI=1S/C17H26N4O/c1-2-14-8-4-7-11-21(14)17(22)15-12-16(19-13-18-15)20-9-5-3-6-10-20/h12-14H,2-11H2,1H3. The van der Waals surface area contributed by atoms with Gasteiger partial charge in [0, 0.05) is 31.7 Å². The van der Waals surface area contributed by atoms with Crippen molar-refractivity contribution in [2.45, 2.75) is 57.9 Å². The maximum atomic E-state index is 12.8. The monoisotopic (exact) mass is 302 g/mol. The quantitative estimate of drug-likeness (QED) is 0.861. The molecule has 0 saturated carbocycles. The van der Waals surface area contributed by atoms with E-state index in [1.165, 1.54) is 25.7 Å². The number of anilines is 1. The minimum Gasteiger partial charge on any atom is -0.357 e. The van der Waals surface area contributed by atoms with Gasteiger partial charge in [-0.25, -0.2) is 9.97 Å². The van der Waals surface area contributed by atoms with Crippen LogP contribution in [0.15, 0.2) is 12.4 Å². The number of hydrogen-bond acceptors (Lipinski definition) is 4. The SMILES string of the molecule is CCC1CCCCN1C(=O)c1cc(N2CCCCC2)ncn1. The molecule has 0 radical (unpaired) electrons. The van der Waals surface area contributed by atoms with E-state index >= 15 is 0 Å². The Morgan fingerprint density at radius 2 is 1.91 bits per heavy atom. The zero-order valence-corrected chi connectivity index (χ0v) is 13.5. The fourth-order valence-electron chi connectivity index (χ4n) is 3.60. The average Bonchev–Trinajstić information content (AvgIpc) is 2.62. The van der Waals surface area contributed by atoms with Crippen molar-refractivity contribution in [1.29, 1.82) is 0 Å². The summed E-state index contributed by atoms with van der Waals surface area (Å²) in [5.41, 5.74) is 0.552. The highest BCUT2D eigenvalue weighted by atomic mass is 16.2. The van der Waals surface area contributed by atoms with E-state index in [-0.39, 0.29) is 5.91 Å². The van der Waals surface area contributed by atoms with E-state index in [1.54, 1.807) is 6.33 Å². The van der Waals surface area contributed by atoms with Crippen LogP contribution in [0.2, 0.25) is 0 Å². The van der Waals surface area contributed by atoms with E-state index in [9.17, 15) is 4.79 Å². The number of aromatic nitrogens is 2. The van der Waals surface area contributed by atoms with Crippen LogP contribution in [0.5, 0.6) is 0 Å². The van der Waals surface area contributed by atoms with Crippen LogP contribution in [0.1, 0.15) is 62.4 Å². The molecule has 2 saturated heterocycles. The van der Waals surface area contributed by atoms with E-state index in [0.29, 0.717) is 11.7 Å². The number of hydrogen-bond donors (Lipinski definition) is 0. The molecule has 0 spiro atoms. The molecule has 1 amide bonds. The smallest absolute Gasteiger partial charge is 0.272 e. The number of likely N-dealkylation sites (tertiary alicyclic amines) is 1. The van der Waals surface area contributed by atoms with Crippen molar-refractivity contribution in [3.05, 3.63) is 18.1 Å². The largest absolute Gasteiger partial charge is 0.357 e. The lowest BCUT2D eigenvalue weighted by atomic mass is 9.99. The van der Waals surface area contributed by atoms with E-state index in [1.807, 2.05) is 11.0 Å². The van der Waals surface area contributed by atoms with Gasteiger partial charge in [-0.3, -0.25) is 4.79 Å². The molecule has 2 aliphatic rings. The second-order valence-electron chi connectivity index (χ2n) is 6.37. The molecule has 0 bridgehead atoms. The molecule has 0 N–H and O–H groups in total. The summed E-state index contributed by atoms with van der Waals surface area (Å²) in [6.07, 6.45) is 9.72. The molecule has 0 aromatic carbocycles. The Balaban J connectivity index is 1.77. The molecule has 22 heavy (non-hydrogen) atoms. The summed E-state index contributed by atoms with van der Waals surface area (Å²) in [5.74, 6) is 0.982. The average molecular weight is 302 g/mol. The van der Waals surface area contributed by atoms with E-state index in [0.717, 1.165) is 44.7 Å². The molecule has 5 nitrogen and oxygen atoms in total. The van der Waals surface area contributed by atoms with E-state index in [4.69, 9.17) is 0 Å². The van der Waals surface area contributed by atoms with Gasteiger partial charge in [0.25, 0.3) is 5.91 Å². The van der Waals surface area contributed by atoms with Crippen LogP contribution < -0.4 is 4.90 Å². The summed E-state index contributed by atoms with van der Waals surface area (Å²) in [7, 11) is 0. The lowest BCUT2D eigenvalue weighted by Crippen LogP contribution is -2.43. The maximum Gasteiger partial charge on any atom is 0.272 e. The second-order valence-corrected chi connectivity index (χ2v) is 6.37. The normalized spacial score (nSPS) is 22.7. The van der Waals surface area contributed by atoms with Crippen LogP contribution in [0, 0.1) is 0 Å². The highest BCUT2D eigenvalue weighted by Gasteiger charge is 2.27. The van der Waals surface area contributed by atoms with Gasteiger partial charge in [-0.2, -0.15) is 0 Å². The summed E-state index contributed by atoms with van der Waals surface area (Å²) >= 11 is 0. The van der Waals surface area contributed by atoms with Gasteiger partial charge in [0.15, 0.2) is 0 Å². The minimum absolute atomic E-state index is 0.0761. The Kier molecular flexibility index (Phi) is 4.90. The van der Waals surface area contributed by atoms with Gasteiger partial charge in [-0.05, 0) is 44.9 Å². The molecule has 1 atom stereocenters. The molecular formula is C17H26N4O. The highest BCUT2D eigenvalue weighted by Crippen LogP contribution is 2.23. The summed E-state index contributed by atoms with van der Waals surface area (Å²) in [6, 6.07) is 2.25. The number of carbonyl (C=O) groups excluding carboxylic acids is 1. The van der Waals surface area contributed by atoms with Gasteiger partial charge < -0.3 is 9.80 Å². The molecule has 120 valence electrons. The summed E-state index contributed by atoms with van der Waals surface area (Å²) in [6.45, 7) is 5.09. The molecule has 1 aromatic heterocycles. The molecule has 3 rings (SSSR count). The number of rotatable bonds is 3. The first-order valence-electron chi connectivity index (χ1n) is 8.67. The molecule has 2 aliphatic heterocycles. The number of amides is 1. The molecule has 0 aliphatic carbocycles. The molecule has 2 fully saturated rings. The Labute approximate surface area is 132 Å². The molecule has 3 heterocycles. The Morgan fingerprint density at radius 1 is 1.14 bits per heavy atom. The van der Waals surface area contributed by atoms with Crippen LogP contribution in [-0.4, -0.2) is 46.5 Å². The summed E-state index contributed by atoms with van der Waals surface area (Å²) in [5, 5.41) is 0. The van der Waals surface area contributed by atoms with Crippen LogP contribution in [-0.2, 0) is 0 Å². The van der Waals surface area contributed by atoms with Gasteiger partial charge in [-0.1, -0.05) is 6.92 Å². The van der Waals surface area contributed by atoms with E-state index < -0.39 is 0 Å². The minimum atomic E-state index is 0.0761. The Morgan fingerprint density at radius 3 is 2.68 bits per heavy atom. The third kappa shape index (κ3) is 3.23. The first-order valence-corrected chi connectivity index (χ1v) is 8.67. The zero-order valence-electron chi connectivity index (χ0n) is 13.5. The van der Waals surface area contributed by atoms with Gasteiger partial charge in [0.05, 0.1) is 0 Å². The zero-order chi connectivity index (χ0) is 15.4. The molecule has 1 aromatic rings. The van der Waals surface area contributed by atoms with Gasteiger partial charge in [0.1, 0.15) is 17.8 Å². The van der Waals surface area contributed by atoms with Crippen molar-refractivity contribution in [3.8, 4) is 0 Å². The third-order valence-corrected chi connectivity index (χ3v) is 4.91. The Hall–Kier alpha value is -1.65. The van der Waals surface area contributed by atoms with Crippen LogP contribution in [0.3, 0.4) is 0 Å². The molecule has 1 unspecified atom stereocenters. The van der Waals surface area contributed by atoms with Crippen molar-refractivity contribution in [2.24, 2.45) is 0 Å². The number of piperidine rings is 2. The number of nitrogens with zero attached hydrogens (tertiary/aromatic N) is 4. The topological polar surface area (TPSA) is 49.3 Å². The van der Waals surface area contributed by atoms with Crippen LogP contribution in [0.25, 0.3) is 0 Å². The van der Waals surface area contributed by atoms with Crippen LogP contribution in [0.4, 0.5) is 5.82 Å². The van der Waals surface area contributed by atoms with E-state index in [2.05, 4.69) is 21.8 Å². The Bertz CT molecular complexity index is 513. The predicted octanol–water partition coefficient (Wildman–Crippen LogP) is 2.87. The highest BCUT2D eigenvalue weighted by molar-refractivity contribution is 5.93. The van der Waals surface area contributed by atoms with Crippen molar-refractivity contribution < 1.29 is 4.79 Å². The van der Waals surface area contributed by atoms with Crippen molar-refractivity contribution >= 4 is 11.7 Å². The third-order valence-electron chi connectivity index (χ3n) is 4.91. The van der Waals surface area contributed by atoms with Crippen molar-refractivity contribution in [2.75, 3.05) is 24.5 Å². The molecule has 5 heteroatoms. The first-order chi connectivity index (χ1) is 10.8. The van der Waals surface area contributed by atoms with Crippen molar-refractivity contribution in [3.63, 3.8) is 0 Å². The molecular weight excluding hydrogens is 276 g/mol. The fourth-order valence-corrected chi connectivity index (χ4v) is 3.60. The predicted molar refractivity (Wildman–Crippen MR) is 87.1 cm³/mol.